The molecule has 3 aromatic rings. The van der Waals surface area contributed by atoms with Gasteiger partial charge in [0, 0.05) is 30.5 Å². The number of carbonyl (C=O) groups is 2. The highest BCUT2D eigenvalue weighted by Gasteiger charge is 2.15. The first-order valence-corrected chi connectivity index (χ1v) is 9.32. The van der Waals surface area contributed by atoms with Gasteiger partial charge in [-0.2, -0.15) is 0 Å². The summed E-state index contributed by atoms with van der Waals surface area (Å²) in [6.07, 6.45) is 6.21. The second kappa shape index (κ2) is 8.99. The van der Waals surface area contributed by atoms with E-state index in [-0.39, 0.29) is 17.9 Å². The molecule has 2 N–H and O–H groups in total. The van der Waals surface area contributed by atoms with Crippen LogP contribution >= 0.6 is 0 Å². The van der Waals surface area contributed by atoms with Crippen molar-refractivity contribution in [2.45, 2.75) is 32.9 Å². The molecule has 2 amide bonds. The van der Waals surface area contributed by atoms with Crippen molar-refractivity contribution in [2.75, 3.05) is 5.32 Å². The molecule has 0 aliphatic rings. The number of aromatic nitrogens is 2. The summed E-state index contributed by atoms with van der Waals surface area (Å²) in [5.41, 5.74) is 2.55. The number of imidazole rings is 1. The van der Waals surface area contributed by atoms with E-state index in [4.69, 9.17) is 0 Å². The average Bonchev–Trinajstić information content (AvgIpc) is 3.21. The molecule has 0 bridgehead atoms. The van der Waals surface area contributed by atoms with Crippen LogP contribution in [0, 0.1) is 0 Å². The van der Waals surface area contributed by atoms with Gasteiger partial charge in [0.2, 0.25) is 0 Å². The molecule has 28 heavy (non-hydrogen) atoms. The minimum absolute atomic E-state index is 0.0688. The highest BCUT2D eigenvalue weighted by atomic mass is 16.2. The minimum Gasteiger partial charge on any atom is -0.350 e. The fourth-order valence-corrected chi connectivity index (χ4v) is 2.74. The van der Waals surface area contributed by atoms with Crippen LogP contribution in [0.5, 0.6) is 0 Å². The van der Waals surface area contributed by atoms with Crippen LogP contribution in [-0.2, 0) is 6.54 Å². The monoisotopic (exact) mass is 376 g/mol. The Morgan fingerprint density at radius 1 is 1.07 bits per heavy atom. The predicted molar refractivity (Wildman–Crippen MR) is 109 cm³/mol. The van der Waals surface area contributed by atoms with Gasteiger partial charge in [-0.3, -0.25) is 9.59 Å². The van der Waals surface area contributed by atoms with Gasteiger partial charge in [0.25, 0.3) is 11.8 Å². The number of benzene rings is 2. The van der Waals surface area contributed by atoms with E-state index in [0.717, 1.165) is 12.0 Å². The molecule has 1 aromatic heterocycles. The van der Waals surface area contributed by atoms with Gasteiger partial charge in [0.15, 0.2) is 0 Å². The lowest BCUT2D eigenvalue weighted by Crippen LogP contribution is -2.32. The molecule has 0 saturated heterocycles. The maximum absolute atomic E-state index is 12.6. The largest absolute Gasteiger partial charge is 0.350 e. The molecule has 0 aliphatic carbocycles. The van der Waals surface area contributed by atoms with Crippen molar-refractivity contribution >= 4 is 17.5 Å². The summed E-state index contributed by atoms with van der Waals surface area (Å²) in [6.45, 7) is 4.65. The van der Waals surface area contributed by atoms with Gasteiger partial charge in [0.05, 0.1) is 17.6 Å². The second-order valence-electron chi connectivity index (χ2n) is 6.71. The first kappa shape index (κ1) is 19.4. The molecular formula is C22H24N4O2. The topological polar surface area (TPSA) is 76.0 Å². The Hall–Kier alpha value is -3.41. The summed E-state index contributed by atoms with van der Waals surface area (Å²) in [5.74, 6) is -0.445. The van der Waals surface area contributed by atoms with E-state index in [1.807, 2.05) is 36.7 Å². The van der Waals surface area contributed by atoms with Crippen molar-refractivity contribution in [1.29, 1.82) is 0 Å². The van der Waals surface area contributed by atoms with Crippen molar-refractivity contribution in [3.8, 4) is 0 Å². The van der Waals surface area contributed by atoms with Crippen LogP contribution in [-0.4, -0.2) is 27.4 Å². The molecule has 0 unspecified atom stereocenters. The van der Waals surface area contributed by atoms with Crippen LogP contribution in [0.1, 0.15) is 46.5 Å². The zero-order chi connectivity index (χ0) is 19.9. The maximum atomic E-state index is 12.6. The van der Waals surface area contributed by atoms with Crippen molar-refractivity contribution in [3.63, 3.8) is 0 Å². The van der Waals surface area contributed by atoms with E-state index in [1.54, 1.807) is 48.9 Å². The summed E-state index contributed by atoms with van der Waals surface area (Å²) >= 11 is 0. The number of hydrogen-bond acceptors (Lipinski definition) is 3. The standard InChI is InChI=1S/C22H24N4O2/c1-3-16(2)24-22(28)19-6-4-5-7-20(19)25-21(27)18-10-8-17(9-11-18)14-26-13-12-23-15-26/h4-13,15-16H,3,14H2,1-2H3,(H,24,28)(H,25,27)/t16-/m0/s1. The highest BCUT2D eigenvalue weighted by molar-refractivity contribution is 6.09. The lowest BCUT2D eigenvalue weighted by atomic mass is 10.1. The number of para-hydroxylation sites is 1. The highest BCUT2D eigenvalue weighted by Crippen LogP contribution is 2.17. The molecule has 0 radical (unpaired) electrons. The van der Waals surface area contributed by atoms with Crippen LogP contribution in [0.25, 0.3) is 0 Å². The normalized spacial score (nSPS) is 11.6. The van der Waals surface area contributed by atoms with Gasteiger partial charge >= 0.3 is 0 Å². The van der Waals surface area contributed by atoms with E-state index < -0.39 is 0 Å². The Morgan fingerprint density at radius 2 is 1.82 bits per heavy atom. The van der Waals surface area contributed by atoms with E-state index in [2.05, 4.69) is 15.6 Å². The van der Waals surface area contributed by atoms with Gasteiger partial charge < -0.3 is 15.2 Å². The summed E-state index contributed by atoms with van der Waals surface area (Å²) in [6, 6.07) is 14.5. The van der Waals surface area contributed by atoms with Gasteiger partial charge in [0.1, 0.15) is 0 Å². The van der Waals surface area contributed by atoms with Crippen molar-refractivity contribution in [1.82, 2.24) is 14.9 Å². The number of hydrogen-bond donors (Lipinski definition) is 2. The zero-order valence-corrected chi connectivity index (χ0v) is 16.1. The molecule has 1 atom stereocenters. The molecular weight excluding hydrogens is 352 g/mol. The molecule has 0 spiro atoms. The average molecular weight is 376 g/mol. The van der Waals surface area contributed by atoms with Crippen molar-refractivity contribution in [3.05, 3.63) is 83.9 Å². The molecule has 0 saturated carbocycles. The molecule has 3 rings (SSSR count). The van der Waals surface area contributed by atoms with Crippen LogP contribution in [0.4, 0.5) is 5.69 Å². The predicted octanol–water partition coefficient (Wildman–Crippen LogP) is 3.71. The number of rotatable bonds is 7. The summed E-state index contributed by atoms with van der Waals surface area (Å²) < 4.78 is 1.96. The number of carbonyl (C=O) groups excluding carboxylic acids is 2. The molecule has 144 valence electrons. The molecule has 1 heterocycles. The number of amides is 2. The zero-order valence-electron chi connectivity index (χ0n) is 16.1. The quantitative estimate of drug-likeness (QED) is 0.660. The lowest BCUT2D eigenvalue weighted by molar-refractivity contribution is 0.0940. The van der Waals surface area contributed by atoms with Gasteiger partial charge in [-0.25, -0.2) is 4.98 Å². The Kier molecular flexibility index (Phi) is 6.22. The van der Waals surface area contributed by atoms with Crippen LogP contribution < -0.4 is 10.6 Å². The van der Waals surface area contributed by atoms with E-state index in [9.17, 15) is 9.59 Å². The number of nitrogens with zero attached hydrogens (tertiary/aromatic N) is 2. The van der Waals surface area contributed by atoms with Gasteiger partial charge in [-0.1, -0.05) is 31.2 Å². The van der Waals surface area contributed by atoms with Gasteiger partial charge in [-0.05, 0) is 43.2 Å². The Balaban J connectivity index is 1.70. The molecule has 6 heteroatoms. The maximum Gasteiger partial charge on any atom is 0.255 e. The minimum atomic E-state index is -0.252. The summed E-state index contributed by atoms with van der Waals surface area (Å²) in [4.78, 5) is 29.1. The van der Waals surface area contributed by atoms with Crippen molar-refractivity contribution < 1.29 is 9.59 Å². The van der Waals surface area contributed by atoms with Gasteiger partial charge in [-0.15, -0.1) is 0 Å². The second-order valence-corrected chi connectivity index (χ2v) is 6.71. The number of nitrogens with one attached hydrogen (secondary N) is 2. The SMILES string of the molecule is CC[C@H](C)NC(=O)c1ccccc1NC(=O)c1ccc(Cn2ccnc2)cc1. The van der Waals surface area contributed by atoms with Crippen LogP contribution in [0.15, 0.2) is 67.3 Å². The Labute approximate surface area is 164 Å². The molecule has 2 aromatic carbocycles. The first-order chi connectivity index (χ1) is 13.6. The smallest absolute Gasteiger partial charge is 0.255 e. The molecule has 0 aliphatic heterocycles. The first-order valence-electron chi connectivity index (χ1n) is 9.32. The number of anilines is 1. The fourth-order valence-electron chi connectivity index (χ4n) is 2.74. The Bertz CT molecular complexity index is 933. The Morgan fingerprint density at radius 3 is 2.50 bits per heavy atom. The van der Waals surface area contributed by atoms with E-state index in [0.29, 0.717) is 23.4 Å². The van der Waals surface area contributed by atoms with Crippen LogP contribution in [0.3, 0.4) is 0 Å². The van der Waals surface area contributed by atoms with E-state index in [1.165, 1.54) is 0 Å². The fraction of sp³-hybridized carbons (Fsp3) is 0.227. The van der Waals surface area contributed by atoms with E-state index >= 15 is 0 Å². The van der Waals surface area contributed by atoms with Crippen LogP contribution in [0.2, 0.25) is 0 Å². The molecule has 0 fully saturated rings. The van der Waals surface area contributed by atoms with Crippen molar-refractivity contribution in [2.24, 2.45) is 0 Å². The molecule has 6 nitrogen and oxygen atoms in total. The third-order valence-electron chi connectivity index (χ3n) is 4.55. The summed E-state index contributed by atoms with van der Waals surface area (Å²) in [7, 11) is 0. The summed E-state index contributed by atoms with van der Waals surface area (Å²) in [5, 5.41) is 5.78. The third kappa shape index (κ3) is 4.85. The third-order valence-corrected chi connectivity index (χ3v) is 4.55. The lowest BCUT2D eigenvalue weighted by Gasteiger charge is -2.14.